The molecule has 0 radical (unpaired) electrons. The van der Waals surface area contributed by atoms with Crippen molar-refractivity contribution in [1.29, 1.82) is 0 Å². The lowest BCUT2D eigenvalue weighted by molar-refractivity contribution is -0.128. The van der Waals surface area contributed by atoms with E-state index in [2.05, 4.69) is 56.9 Å². The van der Waals surface area contributed by atoms with E-state index in [1.54, 1.807) is 0 Å². The van der Waals surface area contributed by atoms with Crippen molar-refractivity contribution < 1.29 is 14.3 Å². The van der Waals surface area contributed by atoms with Gasteiger partial charge in [-0.2, -0.15) is 0 Å². The third-order valence-corrected chi connectivity index (χ3v) is 9.78. The van der Waals surface area contributed by atoms with Crippen LogP contribution >= 0.6 is 0 Å². The van der Waals surface area contributed by atoms with Gasteiger partial charge >= 0.3 is 0 Å². The average Bonchev–Trinajstić information content (AvgIpc) is 2.62. The highest BCUT2D eigenvalue weighted by Gasteiger charge is 2.50. The summed E-state index contributed by atoms with van der Waals surface area (Å²) >= 11 is 0. The van der Waals surface area contributed by atoms with Gasteiger partial charge in [0.2, 0.25) is 0 Å². The quantitative estimate of drug-likeness (QED) is 0.641. The summed E-state index contributed by atoms with van der Waals surface area (Å²) in [6.07, 6.45) is 0. The van der Waals surface area contributed by atoms with Gasteiger partial charge in [0.15, 0.2) is 11.4 Å². The van der Waals surface area contributed by atoms with Crippen LogP contribution in [0.2, 0.25) is 5.04 Å². The first kappa shape index (κ1) is 21.1. The van der Waals surface area contributed by atoms with Crippen molar-refractivity contribution in [3.63, 3.8) is 0 Å². The number of hydrogen-bond donors (Lipinski definition) is 1. The molecule has 2 aromatic rings. The van der Waals surface area contributed by atoms with Crippen LogP contribution in [0.3, 0.4) is 0 Å². The average molecular weight is 381 g/mol. The molecule has 0 saturated heterocycles. The normalized spacial score (nSPS) is 14.0. The van der Waals surface area contributed by atoms with Crippen molar-refractivity contribution in [3.8, 4) is 11.8 Å². The topological polar surface area (TPSA) is 46.5 Å². The fourth-order valence-corrected chi connectivity index (χ4v) is 7.65. The van der Waals surface area contributed by atoms with Gasteiger partial charge in [-0.15, -0.1) is 0 Å². The van der Waals surface area contributed by atoms with E-state index in [-0.39, 0.29) is 17.4 Å². The number of Topliss-reactive ketones (excluding diaryl/α,β-unsaturated/α-hetero) is 1. The molecule has 0 heterocycles. The lowest BCUT2D eigenvalue weighted by Gasteiger charge is -2.42. The van der Waals surface area contributed by atoms with Crippen molar-refractivity contribution >= 4 is 24.5 Å². The molecule has 1 N–H and O–H groups in total. The van der Waals surface area contributed by atoms with Gasteiger partial charge < -0.3 is 9.53 Å². The molecule has 0 amide bonds. The van der Waals surface area contributed by atoms with Crippen molar-refractivity contribution in [3.05, 3.63) is 60.7 Å². The van der Waals surface area contributed by atoms with E-state index in [9.17, 15) is 9.90 Å². The van der Waals surface area contributed by atoms with Gasteiger partial charge in [0, 0.05) is 0 Å². The van der Waals surface area contributed by atoms with Gasteiger partial charge in [-0.05, 0) is 29.3 Å². The summed E-state index contributed by atoms with van der Waals surface area (Å²) < 4.78 is 6.58. The zero-order valence-corrected chi connectivity index (χ0v) is 17.7. The molecule has 0 aliphatic rings. The van der Waals surface area contributed by atoms with Gasteiger partial charge in [-0.25, -0.2) is 0 Å². The maximum Gasteiger partial charge on any atom is 0.262 e. The second-order valence-electron chi connectivity index (χ2n) is 7.88. The summed E-state index contributed by atoms with van der Waals surface area (Å²) in [4.78, 5) is 11.5. The first-order chi connectivity index (χ1) is 12.6. The number of benzene rings is 2. The van der Waals surface area contributed by atoms with Crippen LogP contribution in [-0.4, -0.2) is 31.4 Å². The fourth-order valence-electron chi connectivity index (χ4n) is 3.20. The minimum absolute atomic E-state index is 0.138. The Morgan fingerprint density at radius 1 is 0.963 bits per heavy atom. The van der Waals surface area contributed by atoms with E-state index in [1.807, 2.05) is 36.4 Å². The van der Waals surface area contributed by atoms with Crippen LogP contribution in [0.1, 0.15) is 34.6 Å². The maximum atomic E-state index is 11.5. The Hall–Kier alpha value is -2.19. The van der Waals surface area contributed by atoms with E-state index in [0.717, 1.165) is 0 Å². The van der Waals surface area contributed by atoms with Crippen LogP contribution in [0.15, 0.2) is 60.7 Å². The number of rotatable bonds is 5. The molecular formula is C23H28O3Si. The first-order valence-electron chi connectivity index (χ1n) is 9.10. The number of ketones is 1. The SMILES string of the molecule is CC(=O)C(C)(O)C#CCO[Si](c1ccccc1)(c1ccccc1)C(C)(C)C. The Kier molecular flexibility index (Phi) is 6.43. The van der Waals surface area contributed by atoms with Gasteiger partial charge in [0.25, 0.3) is 8.32 Å². The van der Waals surface area contributed by atoms with Gasteiger partial charge in [0.05, 0.1) is 6.61 Å². The number of aliphatic hydroxyl groups is 1. The van der Waals surface area contributed by atoms with E-state index < -0.39 is 13.9 Å². The minimum Gasteiger partial charge on any atom is -0.396 e. The fraction of sp³-hybridized carbons (Fsp3) is 0.348. The Labute approximate surface area is 163 Å². The predicted molar refractivity (Wildman–Crippen MR) is 113 cm³/mol. The van der Waals surface area contributed by atoms with Crippen molar-refractivity contribution in [1.82, 2.24) is 0 Å². The predicted octanol–water partition coefficient (Wildman–Crippen LogP) is 2.91. The molecule has 142 valence electrons. The van der Waals surface area contributed by atoms with Crippen LogP contribution in [0.25, 0.3) is 0 Å². The Bertz CT molecular complexity index is 785. The smallest absolute Gasteiger partial charge is 0.262 e. The summed E-state index contributed by atoms with van der Waals surface area (Å²) in [5.41, 5.74) is -1.64. The highest BCUT2D eigenvalue weighted by Crippen LogP contribution is 2.36. The third kappa shape index (κ3) is 4.56. The molecule has 2 aromatic carbocycles. The molecule has 0 aromatic heterocycles. The minimum atomic E-state index is -2.64. The van der Waals surface area contributed by atoms with Crippen LogP contribution < -0.4 is 10.4 Å². The molecule has 3 nitrogen and oxygen atoms in total. The number of carbonyl (C=O) groups excluding carboxylic acids is 1. The molecule has 1 unspecified atom stereocenters. The summed E-state index contributed by atoms with van der Waals surface area (Å²) in [5, 5.41) is 12.2. The number of carbonyl (C=O) groups is 1. The number of hydrogen-bond acceptors (Lipinski definition) is 3. The van der Waals surface area contributed by atoms with Gasteiger partial charge in [-0.3, -0.25) is 4.79 Å². The highest BCUT2D eigenvalue weighted by molar-refractivity contribution is 6.99. The molecule has 4 heteroatoms. The molecule has 27 heavy (non-hydrogen) atoms. The summed E-state index contributed by atoms with van der Waals surface area (Å²) in [5.74, 6) is 5.13. The van der Waals surface area contributed by atoms with Crippen LogP contribution in [0, 0.1) is 11.8 Å². The maximum absolute atomic E-state index is 11.5. The highest BCUT2D eigenvalue weighted by atomic mass is 28.4. The van der Waals surface area contributed by atoms with Crippen LogP contribution in [0.4, 0.5) is 0 Å². The van der Waals surface area contributed by atoms with E-state index in [1.165, 1.54) is 24.2 Å². The van der Waals surface area contributed by atoms with Crippen molar-refractivity contribution in [2.24, 2.45) is 0 Å². The zero-order chi connectivity index (χ0) is 20.1. The summed E-state index contributed by atoms with van der Waals surface area (Å²) in [6, 6.07) is 20.6. The van der Waals surface area contributed by atoms with E-state index in [0.29, 0.717) is 0 Å². The monoisotopic (exact) mass is 380 g/mol. The molecule has 1 atom stereocenters. The second-order valence-corrected chi connectivity index (χ2v) is 12.2. The van der Waals surface area contributed by atoms with E-state index in [4.69, 9.17) is 4.43 Å². The molecule has 0 fully saturated rings. The zero-order valence-electron chi connectivity index (χ0n) is 16.7. The Morgan fingerprint density at radius 3 is 1.78 bits per heavy atom. The Balaban J connectivity index is 2.51. The summed E-state index contributed by atoms with van der Waals surface area (Å²) in [6.45, 7) is 9.47. The molecule has 0 spiro atoms. The Morgan fingerprint density at radius 2 is 1.41 bits per heavy atom. The lowest BCUT2D eigenvalue weighted by atomic mass is 10.0. The van der Waals surface area contributed by atoms with Crippen LogP contribution in [-0.2, 0) is 9.22 Å². The van der Waals surface area contributed by atoms with Crippen molar-refractivity contribution in [2.45, 2.75) is 45.3 Å². The van der Waals surface area contributed by atoms with Crippen LogP contribution in [0.5, 0.6) is 0 Å². The molecule has 0 bridgehead atoms. The first-order valence-corrected chi connectivity index (χ1v) is 11.0. The molecular weight excluding hydrogens is 352 g/mol. The van der Waals surface area contributed by atoms with Gasteiger partial charge in [-0.1, -0.05) is 93.3 Å². The van der Waals surface area contributed by atoms with Gasteiger partial charge in [0.1, 0.15) is 0 Å². The standard InChI is InChI=1S/C23H28O3Si/c1-19(24)23(5,25)17-12-18-26-27(22(2,3)4,20-13-8-6-9-14-20)21-15-10-7-11-16-21/h6-11,13-16,25H,18H2,1-5H3. The molecule has 0 aliphatic carbocycles. The summed E-state index contributed by atoms with van der Waals surface area (Å²) in [7, 11) is -2.64. The lowest BCUT2D eigenvalue weighted by Crippen LogP contribution is -2.66. The third-order valence-electron chi connectivity index (χ3n) is 4.79. The van der Waals surface area contributed by atoms with Crippen molar-refractivity contribution in [2.75, 3.05) is 6.61 Å². The molecule has 2 rings (SSSR count). The molecule has 0 aliphatic heterocycles. The van der Waals surface area contributed by atoms with E-state index >= 15 is 0 Å². The molecule has 0 saturated carbocycles. The second kappa shape index (κ2) is 8.22. The largest absolute Gasteiger partial charge is 0.396 e.